The van der Waals surface area contributed by atoms with Crippen LogP contribution in [-0.4, -0.2) is 77.5 Å². The normalized spacial score (nSPS) is 18.3. The minimum atomic E-state index is -4.23. The Kier molecular flexibility index (Phi) is 7.24. The van der Waals surface area contributed by atoms with Crippen LogP contribution < -0.4 is 10.5 Å². The Morgan fingerprint density at radius 1 is 1.17 bits per heavy atom. The maximum absolute atomic E-state index is 12.8. The van der Waals surface area contributed by atoms with Crippen molar-refractivity contribution in [3.63, 3.8) is 0 Å². The van der Waals surface area contributed by atoms with Gasteiger partial charge in [0, 0.05) is 36.8 Å². The second kappa shape index (κ2) is 8.78. The van der Waals surface area contributed by atoms with Crippen molar-refractivity contribution in [2.45, 2.75) is 24.3 Å². The lowest BCUT2D eigenvalue weighted by atomic mass is 9.99. The SMILES string of the molecule is CSC(C)(C)[C@@](O)(NS(=O)(=O)N1CCN(C(=O)c2ccc(Cl)cc2)CC1)C(N)=O. The molecule has 1 aliphatic rings. The molecule has 162 valence electrons. The Bertz CT molecular complexity index is 870. The highest BCUT2D eigenvalue weighted by molar-refractivity contribution is 8.00. The quantitative estimate of drug-likeness (QED) is 0.495. The summed E-state index contributed by atoms with van der Waals surface area (Å²) in [6.45, 7) is 3.33. The van der Waals surface area contributed by atoms with E-state index < -0.39 is 26.6 Å². The van der Waals surface area contributed by atoms with Gasteiger partial charge in [-0.2, -0.15) is 29.2 Å². The van der Waals surface area contributed by atoms with Crippen molar-refractivity contribution in [1.82, 2.24) is 13.9 Å². The van der Waals surface area contributed by atoms with E-state index in [0.29, 0.717) is 10.6 Å². The van der Waals surface area contributed by atoms with Gasteiger partial charge in [-0.05, 0) is 44.4 Å². The molecule has 0 saturated carbocycles. The first-order valence-corrected chi connectivity index (χ1v) is 11.8. The fourth-order valence-corrected chi connectivity index (χ4v) is 4.92. The Labute approximate surface area is 179 Å². The molecule has 12 heteroatoms. The number of amides is 2. The zero-order chi connectivity index (χ0) is 22.0. The standard InChI is InChI=1S/C17H25ClN4O5S2/c1-16(2,28-3)17(25,15(19)24)20-29(26,27)22-10-8-21(9-11-22)14(23)12-4-6-13(18)7-5-12/h4-7,20,25H,8-11H2,1-3H3,(H2,19,24)/t17-/m1/s1. The summed E-state index contributed by atoms with van der Waals surface area (Å²) in [6, 6.07) is 6.43. The Morgan fingerprint density at radius 3 is 2.14 bits per heavy atom. The number of rotatable bonds is 7. The summed E-state index contributed by atoms with van der Waals surface area (Å²) in [5.41, 5.74) is 3.26. The molecule has 0 aliphatic carbocycles. The number of hydrogen-bond acceptors (Lipinski definition) is 6. The maximum atomic E-state index is 12.8. The molecule has 4 N–H and O–H groups in total. The number of nitrogens with two attached hydrogens (primary N) is 1. The van der Waals surface area contributed by atoms with Crippen molar-refractivity contribution < 1.29 is 23.1 Å². The van der Waals surface area contributed by atoms with Crippen molar-refractivity contribution in [2.24, 2.45) is 5.73 Å². The van der Waals surface area contributed by atoms with Gasteiger partial charge in [-0.3, -0.25) is 9.59 Å². The molecule has 1 saturated heterocycles. The number of benzene rings is 1. The molecule has 1 heterocycles. The van der Waals surface area contributed by atoms with E-state index in [0.717, 1.165) is 16.1 Å². The number of thioether (sulfide) groups is 1. The number of halogens is 1. The molecular weight excluding hydrogens is 440 g/mol. The molecule has 1 atom stereocenters. The van der Waals surface area contributed by atoms with Crippen LogP contribution in [0, 0.1) is 0 Å². The van der Waals surface area contributed by atoms with E-state index >= 15 is 0 Å². The second-order valence-corrected chi connectivity index (χ2v) is 10.6. The minimum absolute atomic E-state index is 0.00318. The van der Waals surface area contributed by atoms with Gasteiger partial charge in [0.15, 0.2) is 0 Å². The third-order valence-electron chi connectivity index (χ3n) is 4.97. The molecule has 29 heavy (non-hydrogen) atoms. The molecule has 0 radical (unpaired) electrons. The fraction of sp³-hybridized carbons (Fsp3) is 0.529. The number of carbonyl (C=O) groups is 2. The summed E-state index contributed by atoms with van der Waals surface area (Å²) in [7, 11) is -4.23. The monoisotopic (exact) mass is 464 g/mol. The van der Waals surface area contributed by atoms with E-state index in [1.54, 1.807) is 30.5 Å². The molecule has 0 aromatic heterocycles. The first-order chi connectivity index (χ1) is 13.3. The van der Waals surface area contributed by atoms with Crippen LogP contribution in [0.2, 0.25) is 5.02 Å². The number of nitrogens with one attached hydrogen (secondary N) is 1. The molecule has 0 spiro atoms. The summed E-state index contributed by atoms with van der Waals surface area (Å²) in [6.07, 6.45) is 1.63. The van der Waals surface area contributed by atoms with Gasteiger partial charge in [-0.25, -0.2) is 0 Å². The fourth-order valence-electron chi connectivity index (χ4n) is 2.78. The largest absolute Gasteiger partial charge is 0.366 e. The first-order valence-electron chi connectivity index (χ1n) is 8.75. The summed E-state index contributed by atoms with van der Waals surface area (Å²) in [4.78, 5) is 25.9. The van der Waals surface area contributed by atoms with Crippen LogP contribution in [0.3, 0.4) is 0 Å². The molecule has 1 fully saturated rings. The number of carbonyl (C=O) groups excluding carboxylic acids is 2. The van der Waals surface area contributed by atoms with Crippen molar-refractivity contribution in [3.05, 3.63) is 34.9 Å². The van der Waals surface area contributed by atoms with E-state index in [4.69, 9.17) is 17.3 Å². The first kappa shape index (κ1) is 23.9. The van der Waals surface area contributed by atoms with Crippen LogP contribution in [0.25, 0.3) is 0 Å². The zero-order valence-corrected chi connectivity index (χ0v) is 18.8. The van der Waals surface area contributed by atoms with E-state index in [1.807, 2.05) is 0 Å². The summed E-state index contributed by atoms with van der Waals surface area (Å²) in [5.74, 6) is -1.43. The molecule has 1 aromatic carbocycles. The number of nitrogens with zero attached hydrogens (tertiary/aromatic N) is 2. The lowest BCUT2D eigenvalue weighted by Crippen LogP contribution is -2.69. The molecule has 2 amide bonds. The van der Waals surface area contributed by atoms with Gasteiger partial charge in [0.05, 0.1) is 4.75 Å². The van der Waals surface area contributed by atoms with Gasteiger partial charge in [0.1, 0.15) is 0 Å². The third-order valence-corrected chi connectivity index (χ3v) is 8.14. The summed E-state index contributed by atoms with van der Waals surface area (Å²) < 4.78 is 27.5. The molecular formula is C17H25ClN4O5S2. The van der Waals surface area contributed by atoms with Gasteiger partial charge in [0.2, 0.25) is 5.72 Å². The van der Waals surface area contributed by atoms with Crippen LogP contribution in [0.4, 0.5) is 0 Å². The van der Waals surface area contributed by atoms with Crippen LogP contribution in [0.1, 0.15) is 24.2 Å². The topological polar surface area (TPSA) is 133 Å². The number of primary amides is 1. The highest BCUT2D eigenvalue weighted by Gasteiger charge is 2.52. The number of piperazine rings is 1. The predicted octanol–water partition coefficient (Wildman–Crippen LogP) is 0.248. The highest BCUT2D eigenvalue weighted by atomic mass is 35.5. The molecule has 1 aliphatic heterocycles. The number of aliphatic hydroxyl groups is 1. The number of hydrogen-bond donors (Lipinski definition) is 3. The maximum Gasteiger partial charge on any atom is 0.282 e. The van der Waals surface area contributed by atoms with E-state index in [2.05, 4.69) is 4.72 Å². The van der Waals surface area contributed by atoms with Gasteiger partial charge < -0.3 is 15.7 Å². The molecule has 1 aromatic rings. The third kappa shape index (κ3) is 5.04. The van der Waals surface area contributed by atoms with Gasteiger partial charge in [-0.1, -0.05) is 11.6 Å². The van der Waals surface area contributed by atoms with Crippen LogP contribution in [0.15, 0.2) is 24.3 Å². The Hall–Kier alpha value is -1.37. The van der Waals surface area contributed by atoms with Crippen LogP contribution in [0.5, 0.6) is 0 Å². The van der Waals surface area contributed by atoms with Crippen LogP contribution in [-0.2, 0) is 15.0 Å². The van der Waals surface area contributed by atoms with Gasteiger partial charge in [-0.15, -0.1) is 0 Å². The van der Waals surface area contributed by atoms with Crippen molar-refractivity contribution >= 4 is 45.4 Å². The van der Waals surface area contributed by atoms with Crippen molar-refractivity contribution in [2.75, 3.05) is 32.4 Å². The van der Waals surface area contributed by atoms with Crippen molar-refractivity contribution in [1.29, 1.82) is 0 Å². The van der Waals surface area contributed by atoms with E-state index in [9.17, 15) is 23.1 Å². The smallest absolute Gasteiger partial charge is 0.282 e. The molecule has 0 bridgehead atoms. The van der Waals surface area contributed by atoms with Gasteiger partial charge >= 0.3 is 0 Å². The Morgan fingerprint density at radius 2 is 1.69 bits per heavy atom. The van der Waals surface area contributed by atoms with Gasteiger partial charge in [0.25, 0.3) is 22.0 Å². The highest BCUT2D eigenvalue weighted by Crippen LogP contribution is 2.33. The molecule has 2 rings (SSSR count). The lowest BCUT2D eigenvalue weighted by Gasteiger charge is -2.41. The average molecular weight is 465 g/mol. The van der Waals surface area contributed by atoms with E-state index in [-0.39, 0.29) is 32.1 Å². The Balaban J connectivity index is 2.10. The zero-order valence-electron chi connectivity index (χ0n) is 16.4. The van der Waals surface area contributed by atoms with Crippen LogP contribution >= 0.6 is 23.4 Å². The predicted molar refractivity (Wildman–Crippen MR) is 113 cm³/mol. The molecule has 0 unspecified atom stereocenters. The second-order valence-electron chi connectivity index (χ2n) is 7.09. The lowest BCUT2D eigenvalue weighted by molar-refractivity contribution is -0.140. The minimum Gasteiger partial charge on any atom is -0.366 e. The van der Waals surface area contributed by atoms with E-state index in [1.165, 1.54) is 18.7 Å². The summed E-state index contributed by atoms with van der Waals surface area (Å²) >= 11 is 6.92. The molecule has 9 nitrogen and oxygen atoms in total. The van der Waals surface area contributed by atoms with Crippen molar-refractivity contribution in [3.8, 4) is 0 Å². The summed E-state index contributed by atoms with van der Waals surface area (Å²) in [5, 5.41) is 11.2. The average Bonchev–Trinajstić information content (AvgIpc) is 2.67.